The van der Waals surface area contributed by atoms with Crippen LogP contribution < -0.4 is 10.6 Å². The van der Waals surface area contributed by atoms with Crippen molar-refractivity contribution >= 4 is 34.7 Å². The Morgan fingerprint density at radius 2 is 2.00 bits per heavy atom. The lowest BCUT2D eigenvalue weighted by atomic mass is 10.1. The van der Waals surface area contributed by atoms with Crippen molar-refractivity contribution in [3.8, 4) is 11.3 Å². The second-order valence-corrected chi connectivity index (χ2v) is 6.09. The second kappa shape index (κ2) is 7.26. The Bertz CT molecular complexity index is 788. The number of hydrogen-bond donors (Lipinski definition) is 2. The molecule has 3 aromatic rings. The van der Waals surface area contributed by atoms with Crippen LogP contribution in [0, 0.1) is 0 Å². The van der Waals surface area contributed by atoms with Crippen LogP contribution in [0.2, 0.25) is 5.02 Å². The first-order valence-corrected chi connectivity index (χ1v) is 8.31. The quantitative estimate of drug-likeness (QED) is 0.716. The van der Waals surface area contributed by atoms with Crippen molar-refractivity contribution in [2.75, 3.05) is 5.32 Å². The van der Waals surface area contributed by atoms with Crippen LogP contribution in [0.1, 0.15) is 5.56 Å². The van der Waals surface area contributed by atoms with E-state index in [1.807, 2.05) is 29.0 Å². The first kappa shape index (κ1) is 15.5. The minimum absolute atomic E-state index is 0.263. The zero-order chi connectivity index (χ0) is 16.1. The third-order valence-corrected chi connectivity index (χ3v) is 4.13. The monoisotopic (exact) mass is 343 g/mol. The highest BCUT2D eigenvalue weighted by molar-refractivity contribution is 7.08. The summed E-state index contributed by atoms with van der Waals surface area (Å²) in [5.41, 5.74) is 3.68. The molecule has 3 rings (SSSR count). The molecule has 0 fully saturated rings. The Balaban J connectivity index is 1.58. The van der Waals surface area contributed by atoms with Crippen LogP contribution in [0.4, 0.5) is 10.5 Å². The van der Waals surface area contributed by atoms with Crippen molar-refractivity contribution < 1.29 is 4.79 Å². The molecule has 1 aromatic carbocycles. The maximum absolute atomic E-state index is 11.9. The maximum atomic E-state index is 11.9. The molecule has 0 saturated carbocycles. The molecular weight excluding hydrogens is 330 g/mol. The summed E-state index contributed by atoms with van der Waals surface area (Å²) in [6, 6.07) is 12.6. The van der Waals surface area contributed by atoms with Crippen LogP contribution in [0.25, 0.3) is 11.3 Å². The van der Waals surface area contributed by atoms with Gasteiger partial charge in [0.1, 0.15) is 0 Å². The van der Waals surface area contributed by atoms with Gasteiger partial charge < -0.3 is 10.6 Å². The molecule has 0 saturated heterocycles. The zero-order valence-electron chi connectivity index (χ0n) is 12.1. The van der Waals surface area contributed by atoms with E-state index in [0.29, 0.717) is 17.3 Å². The third-order valence-electron chi connectivity index (χ3n) is 3.20. The Kier molecular flexibility index (Phi) is 4.90. The molecule has 0 radical (unpaired) electrons. The molecule has 0 aliphatic rings. The van der Waals surface area contributed by atoms with Crippen molar-refractivity contribution in [3.05, 3.63) is 70.0 Å². The van der Waals surface area contributed by atoms with Crippen LogP contribution in [0.15, 0.2) is 59.4 Å². The molecule has 2 heterocycles. The van der Waals surface area contributed by atoms with Gasteiger partial charge in [0.15, 0.2) is 0 Å². The van der Waals surface area contributed by atoms with Crippen LogP contribution >= 0.6 is 22.9 Å². The molecule has 2 aromatic heterocycles. The first-order valence-electron chi connectivity index (χ1n) is 6.98. The summed E-state index contributed by atoms with van der Waals surface area (Å²) in [5, 5.41) is 10.3. The van der Waals surface area contributed by atoms with Gasteiger partial charge in [0.2, 0.25) is 0 Å². The fourth-order valence-electron chi connectivity index (χ4n) is 2.04. The van der Waals surface area contributed by atoms with E-state index >= 15 is 0 Å². The molecule has 116 valence electrons. The maximum Gasteiger partial charge on any atom is 0.319 e. The molecule has 23 heavy (non-hydrogen) atoms. The number of halogens is 1. The highest BCUT2D eigenvalue weighted by Gasteiger charge is 2.04. The van der Waals surface area contributed by atoms with Crippen LogP contribution in [0.5, 0.6) is 0 Å². The molecular formula is C17H14ClN3OS. The molecule has 0 aliphatic carbocycles. The number of rotatable bonds is 4. The number of urea groups is 1. The predicted molar refractivity (Wildman–Crippen MR) is 94.9 cm³/mol. The minimum atomic E-state index is -0.263. The van der Waals surface area contributed by atoms with E-state index in [9.17, 15) is 4.79 Å². The van der Waals surface area contributed by atoms with E-state index in [4.69, 9.17) is 11.6 Å². The van der Waals surface area contributed by atoms with E-state index < -0.39 is 0 Å². The summed E-state index contributed by atoms with van der Waals surface area (Å²) in [6.07, 6.45) is 1.75. The molecule has 4 nitrogen and oxygen atoms in total. The van der Waals surface area contributed by atoms with E-state index in [0.717, 1.165) is 16.8 Å². The summed E-state index contributed by atoms with van der Waals surface area (Å²) < 4.78 is 0. The lowest BCUT2D eigenvalue weighted by Crippen LogP contribution is -2.28. The van der Waals surface area contributed by atoms with Crippen molar-refractivity contribution in [3.63, 3.8) is 0 Å². The number of carbonyl (C=O) groups excluding carboxylic acids is 1. The van der Waals surface area contributed by atoms with Crippen molar-refractivity contribution in [2.45, 2.75) is 6.54 Å². The number of aromatic nitrogens is 1. The molecule has 0 unspecified atom stereocenters. The average molecular weight is 344 g/mol. The average Bonchev–Trinajstić information content (AvgIpc) is 3.10. The highest BCUT2D eigenvalue weighted by Crippen LogP contribution is 2.20. The lowest BCUT2D eigenvalue weighted by Gasteiger charge is -2.08. The number of hydrogen-bond acceptors (Lipinski definition) is 3. The van der Waals surface area contributed by atoms with Crippen LogP contribution in [0.3, 0.4) is 0 Å². The summed E-state index contributed by atoms with van der Waals surface area (Å²) in [7, 11) is 0. The fourth-order valence-corrected chi connectivity index (χ4v) is 2.82. The molecule has 0 spiro atoms. The van der Waals surface area contributed by atoms with Gasteiger partial charge in [-0.05, 0) is 53.4 Å². The molecule has 0 atom stereocenters. The normalized spacial score (nSPS) is 10.3. The van der Waals surface area contributed by atoms with Crippen LogP contribution in [-0.4, -0.2) is 11.0 Å². The SMILES string of the molecule is O=C(NCc1ccnc(-c2ccsc2)c1)Nc1ccc(Cl)cc1. The minimum Gasteiger partial charge on any atom is -0.334 e. The lowest BCUT2D eigenvalue weighted by molar-refractivity contribution is 0.251. The van der Waals surface area contributed by atoms with Gasteiger partial charge in [-0.15, -0.1) is 0 Å². The van der Waals surface area contributed by atoms with E-state index in [1.54, 1.807) is 41.8 Å². The fraction of sp³-hybridized carbons (Fsp3) is 0.0588. The van der Waals surface area contributed by atoms with Crippen LogP contribution in [-0.2, 0) is 6.54 Å². The molecule has 2 amide bonds. The zero-order valence-corrected chi connectivity index (χ0v) is 13.7. The summed E-state index contributed by atoms with van der Waals surface area (Å²) in [6.45, 7) is 0.430. The predicted octanol–water partition coefficient (Wildman–Crippen LogP) is 4.79. The summed E-state index contributed by atoms with van der Waals surface area (Å²) >= 11 is 7.44. The topological polar surface area (TPSA) is 54.0 Å². The molecule has 0 bridgehead atoms. The Morgan fingerprint density at radius 3 is 2.74 bits per heavy atom. The van der Waals surface area contributed by atoms with Gasteiger partial charge in [0, 0.05) is 34.4 Å². The molecule has 0 aliphatic heterocycles. The third kappa shape index (κ3) is 4.31. The van der Waals surface area contributed by atoms with E-state index in [1.165, 1.54) is 0 Å². The van der Waals surface area contributed by atoms with Crippen molar-refractivity contribution in [1.82, 2.24) is 10.3 Å². The van der Waals surface area contributed by atoms with Gasteiger partial charge in [0.05, 0.1) is 5.69 Å². The smallest absolute Gasteiger partial charge is 0.319 e. The van der Waals surface area contributed by atoms with Gasteiger partial charge in [0.25, 0.3) is 0 Å². The van der Waals surface area contributed by atoms with Gasteiger partial charge in [-0.1, -0.05) is 11.6 Å². The number of amides is 2. The number of carbonyl (C=O) groups is 1. The van der Waals surface area contributed by atoms with Gasteiger partial charge in [-0.2, -0.15) is 11.3 Å². The highest BCUT2D eigenvalue weighted by atomic mass is 35.5. The number of nitrogens with one attached hydrogen (secondary N) is 2. The van der Waals surface area contributed by atoms with Crippen molar-refractivity contribution in [2.24, 2.45) is 0 Å². The number of anilines is 1. The van der Waals surface area contributed by atoms with E-state index in [2.05, 4.69) is 15.6 Å². The number of benzene rings is 1. The Morgan fingerprint density at radius 1 is 1.17 bits per heavy atom. The largest absolute Gasteiger partial charge is 0.334 e. The van der Waals surface area contributed by atoms with E-state index in [-0.39, 0.29) is 6.03 Å². The number of thiophene rings is 1. The van der Waals surface area contributed by atoms with Gasteiger partial charge in [-0.25, -0.2) is 4.79 Å². The van der Waals surface area contributed by atoms with Crippen molar-refractivity contribution in [1.29, 1.82) is 0 Å². The molecule has 2 N–H and O–H groups in total. The first-order chi connectivity index (χ1) is 11.2. The number of nitrogens with zero attached hydrogens (tertiary/aromatic N) is 1. The summed E-state index contributed by atoms with van der Waals surface area (Å²) in [4.78, 5) is 16.3. The Labute approximate surface area is 143 Å². The molecule has 6 heteroatoms. The summed E-state index contributed by atoms with van der Waals surface area (Å²) in [5.74, 6) is 0. The Hall–Kier alpha value is -2.37. The van der Waals surface area contributed by atoms with Gasteiger partial charge >= 0.3 is 6.03 Å². The standard InChI is InChI=1S/C17H14ClN3OS/c18-14-1-3-15(4-2-14)21-17(22)20-10-12-5-7-19-16(9-12)13-6-8-23-11-13/h1-9,11H,10H2,(H2,20,21,22). The number of pyridine rings is 1. The second-order valence-electron chi connectivity index (χ2n) is 4.88. The van der Waals surface area contributed by atoms with Gasteiger partial charge in [-0.3, -0.25) is 4.98 Å².